The fourth-order valence-electron chi connectivity index (χ4n) is 2.14. The Morgan fingerprint density at radius 3 is 2.69 bits per heavy atom. The maximum Gasteiger partial charge on any atom is 0.331 e. The lowest BCUT2D eigenvalue weighted by Crippen LogP contribution is -2.20. The van der Waals surface area contributed by atoms with Gasteiger partial charge in [-0.2, -0.15) is 0 Å². The Morgan fingerprint density at radius 2 is 1.88 bits per heavy atom. The highest BCUT2D eigenvalue weighted by Gasteiger charge is 2.12. The van der Waals surface area contributed by atoms with E-state index in [0.717, 1.165) is 18.2 Å². The van der Waals surface area contributed by atoms with Crippen molar-refractivity contribution in [3.8, 4) is 11.5 Å². The first-order valence-corrected chi connectivity index (χ1v) is 7.50. The van der Waals surface area contributed by atoms with Gasteiger partial charge in [-0.25, -0.2) is 13.6 Å². The largest absolute Gasteiger partial charge is 0.454 e. The van der Waals surface area contributed by atoms with E-state index in [1.165, 1.54) is 12.1 Å². The molecule has 0 spiro atoms. The average Bonchev–Trinajstić information content (AvgIpc) is 3.09. The SMILES string of the molecule is O=C(COC(=O)/C=C/c1ccc2c(c1)OCO2)Nc1ccc(F)c(F)c1. The predicted octanol–water partition coefficient (Wildman–Crippen LogP) is 2.89. The zero-order valence-electron chi connectivity index (χ0n) is 13.3. The van der Waals surface area contributed by atoms with Gasteiger partial charge in [0.05, 0.1) is 0 Å². The van der Waals surface area contributed by atoms with Gasteiger partial charge in [0.15, 0.2) is 29.7 Å². The molecule has 26 heavy (non-hydrogen) atoms. The standard InChI is InChI=1S/C18H13F2NO5/c19-13-4-3-12(8-14(13)20)21-17(22)9-24-18(23)6-2-11-1-5-15-16(7-11)26-10-25-15/h1-8H,9-10H2,(H,21,22)/b6-2+. The number of ether oxygens (including phenoxy) is 3. The van der Waals surface area contributed by atoms with Crippen LogP contribution >= 0.6 is 0 Å². The molecular weight excluding hydrogens is 348 g/mol. The summed E-state index contributed by atoms with van der Waals surface area (Å²) in [6, 6.07) is 8.04. The molecule has 1 amide bonds. The summed E-state index contributed by atoms with van der Waals surface area (Å²) in [4.78, 5) is 23.3. The van der Waals surface area contributed by atoms with Gasteiger partial charge in [-0.1, -0.05) is 6.07 Å². The van der Waals surface area contributed by atoms with Crippen LogP contribution in [-0.2, 0) is 14.3 Å². The van der Waals surface area contributed by atoms with Gasteiger partial charge < -0.3 is 19.5 Å². The summed E-state index contributed by atoms with van der Waals surface area (Å²) in [6.45, 7) is -0.416. The number of rotatable bonds is 5. The Kier molecular flexibility index (Phi) is 5.12. The van der Waals surface area contributed by atoms with E-state index in [1.54, 1.807) is 18.2 Å². The molecule has 1 aliphatic heterocycles. The number of hydrogen-bond donors (Lipinski definition) is 1. The predicted molar refractivity (Wildman–Crippen MR) is 87.5 cm³/mol. The van der Waals surface area contributed by atoms with Crippen LogP contribution < -0.4 is 14.8 Å². The maximum atomic E-state index is 13.1. The second-order valence-corrected chi connectivity index (χ2v) is 5.23. The number of nitrogens with one attached hydrogen (secondary N) is 1. The third-order valence-electron chi connectivity index (χ3n) is 3.36. The highest BCUT2D eigenvalue weighted by Crippen LogP contribution is 2.32. The van der Waals surface area contributed by atoms with Crippen LogP contribution in [0, 0.1) is 11.6 Å². The first-order valence-electron chi connectivity index (χ1n) is 7.50. The first kappa shape index (κ1) is 17.4. The number of anilines is 1. The van der Waals surface area contributed by atoms with Crippen molar-refractivity contribution >= 4 is 23.6 Å². The summed E-state index contributed by atoms with van der Waals surface area (Å²) in [5, 5.41) is 2.29. The monoisotopic (exact) mass is 361 g/mol. The molecule has 1 N–H and O–H groups in total. The number of esters is 1. The minimum absolute atomic E-state index is 0.0563. The molecule has 2 aromatic carbocycles. The zero-order valence-corrected chi connectivity index (χ0v) is 13.3. The van der Waals surface area contributed by atoms with Crippen LogP contribution in [0.15, 0.2) is 42.5 Å². The molecule has 3 rings (SSSR count). The lowest BCUT2D eigenvalue weighted by Gasteiger charge is -2.05. The van der Waals surface area contributed by atoms with Gasteiger partial charge >= 0.3 is 5.97 Å². The van der Waals surface area contributed by atoms with E-state index in [1.807, 2.05) is 0 Å². The van der Waals surface area contributed by atoms with Gasteiger partial charge in [-0.3, -0.25) is 4.79 Å². The summed E-state index contributed by atoms with van der Waals surface area (Å²) in [5.41, 5.74) is 0.748. The Labute approximate surface area is 147 Å². The van der Waals surface area contributed by atoms with Crippen LogP contribution in [0.25, 0.3) is 6.08 Å². The van der Waals surface area contributed by atoms with Crippen LogP contribution in [0.2, 0.25) is 0 Å². The average molecular weight is 361 g/mol. The van der Waals surface area contributed by atoms with Gasteiger partial charge in [-0.05, 0) is 35.9 Å². The molecule has 0 aromatic heterocycles. The molecule has 2 aromatic rings. The minimum Gasteiger partial charge on any atom is -0.454 e. The molecule has 1 heterocycles. The van der Waals surface area contributed by atoms with Crippen LogP contribution in [0.3, 0.4) is 0 Å². The van der Waals surface area contributed by atoms with Crippen molar-refractivity contribution in [2.24, 2.45) is 0 Å². The molecule has 134 valence electrons. The smallest absolute Gasteiger partial charge is 0.331 e. The van der Waals surface area contributed by atoms with E-state index in [9.17, 15) is 18.4 Å². The summed E-state index contributed by atoms with van der Waals surface area (Å²) in [6.07, 6.45) is 2.65. The van der Waals surface area contributed by atoms with Crippen molar-refractivity contribution < 1.29 is 32.6 Å². The summed E-state index contributed by atoms with van der Waals surface area (Å²) < 4.78 is 41.0. The summed E-state index contributed by atoms with van der Waals surface area (Å²) in [5.74, 6) is -2.33. The van der Waals surface area contributed by atoms with Crippen molar-refractivity contribution in [3.63, 3.8) is 0 Å². The van der Waals surface area contributed by atoms with Gasteiger partial charge in [0.25, 0.3) is 5.91 Å². The third-order valence-corrected chi connectivity index (χ3v) is 3.36. The van der Waals surface area contributed by atoms with E-state index in [-0.39, 0.29) is 12.5 Å². The molecule has 1 aliphatic rings. The topological polar surface area (TPSA) is 73.9 Å². The van der Waals surface area contributed by atoms with Crippen molar-refractivity contribution in [2.45, 2.75) is 0 Å². The van der Waals surface area contributed by atoms with E-state index >= 15 is 0 Å². The number of hydrogen-bond acceptors (Lipinski definition) is 5. The third kappa shape index (κ3) is 4.35. The fraction of sp³-hybridized carbons (Fsp3) is 0.111. The molecule has 0 atom stereocenters. The second-order valence-electron chi connectivity index (χ2n) is 5.23. The Bertz CT molecular complexity index is 882. The highest BCUT2D eigenvalue weighted by atomic mass is 19.2. The zero-order chi connectivity index (χ0) is 18.5. The molecule has 0 bridgehead atoms. The van der Waals surface area contributed by atoms with Crippen molar-refractivity contribution in [1.82, 2.24) is 0 Å². The summed E-state index contributed by atoms with van der Waals surface area (Å²) in [7, 11) is 0. The number of fused-ring (bicyclic) bond motifs is 1. The molecule has 6 nitrogen and oxygen atoms in total. The second kappa shape index (κ2) is 7.64. The molecule has 0 fully saturated rings. The maximum absolute atomic E-state index is 13.1. The van der Waals surface area contributed by atoms with E-state index in [2.05, 4.69) is 5.32 Å². The van der Waals surface area contributed by atoms with Crippen molar-refractivity contribution in [1.29, 1.82) is 0 Å². The number of carbonyl (C=O) groups excluding carboxylic acids is 2. The van der Waals surface area contributed by atoms with Crippen LogP contribution in [-0.4, -0.2) is 25.3 Å². The van der Waals surface area contributed by atoms with Gasteiger partial charge in [0.2, 0.25) is 6.79 Å². The molecule has 0 radical (unpaired) electrons. The van der Waals surface area contributed by atoms with Crippen molar-refractivity contribution in [3.05, 3.63) is 59.7 Å². The van der Waals surface area contributed by atoms with Gasteiger partial charge in [0, 0.05) is 17.8 Å². The molecule has 0 saturated heterocycles. The molecule has 0 unspecified atom stereocenters. The van der Waals surface area contributed by atoms with E-state index in [0.29, 0.717) is 17.1 Å². The first-order chi connectivity index (χ1) is 12.5. The lowest BCUT2D eigenvalue weighted by atomic mass is 10.2. The quantitative estimate of drug-likeness (QED) is 0.655. The van der Waals surface area contributed by atoms with Gasteiger partial charge in [-0.15, -0.1) is 0 Å². The number of halogens is 2. The van der Waals surface area contributed by atoms with Crippen LogP contribution in [0.4, 0.5) is 14.5 Å². The highest BCUT2D eigenvalue weighted by molar-refractivity contribution is 5.94. The van der Waals surface area contributed by atoms with Crippen LogP contribution in [0.1, 0.15) is 5.56 Å². The number of amides is 1. The molecule has 0 aliphatic carbocycles. The molecule has 0 saturated carbocycles. The summed E-state index contributed by atoms with van der Waals surface area (Å²) >= 11 is 0. The number of benzene rings is 2. The fourth-order valence-corrected chi connectivity index (χ4v) is 2.14. The van der Waals surface area contributed by atoms with Gasteiger partial charge in [0.1, 0.15) is 0 Å². The normalized spacial score (nSPS) is 12.2. The molecule has 8 heteroatoms. The van der Waals surface area contributed by atoms with E-state index in [4.69, 9.17) is 14.2 Å². The Hall–Kier alpha value is -3.42. The molecular formula is C18H13F2NO5. The Morgan fingerprint density at radius 1 is 1.08 bits per heavy atom. The van der Waals surface area contributed by atoms with Crippen molar-refractivity contribution in [2.75, 3.05) is 18.7 Å². The minimum atomic E-state index is -1.09. The lowest BCUT2D eigenvalue weighted by molar-refractivity contribution is -0.142. The van der Waals surface area contributed by atoms with Crippen LogP contribution in [0.5, 0.6) is 11.5 Å². The Balaban J connectivity index is 1.48. The van der Waals surface area contributed by atoms with E-state index < -0.39 is 30.1 Å². The number of carbonyl (C=O) groups is 2.